The number of rotatable bonds is 6. The third kappa shape index (κ3) is 6.29. The van der Waals surface area contributed by atoms with E-state index in [0.29, 0.717) is 6.20 Å². The number of hydrogen-bond donors (Lipinski definition) is 2. The molecule has 182 valence electrons. The van der Waals surface area contributed by atoms with Crippen LogP contribution in [0.1, 0.15) is 24.5 Å². The lowest BCUT2D eigenvalue weighted by Crippen LogP contribution is -2.33. The molecule has 34 heavy (non-hydrogen) atoms. The summed E-state index contributed by atoms with van der Waals surface area (Å²) in [6, 6.07) is 0.766. The number of hydrogen-bond acceptors (Lipinski definition) is 6. The van der Waals surface area contributed by atoms with Crippen molar-refractivity contribution in [1.29, 1.82) is 0 Å². The van der Waals surface area contributed by atoms with Crippen LogP contribution in [0.5, 0.6) is 5.75 Å². The molecule has 0 aliphatic rings. The zero-order valence-corrected chi connectivity index (χ0v) is 16.9. The van der Waals surface area contributed by atoms with E-state index in [4.69, 9.17) is 0 Å². The molecule has 0 saturated carbocycles. The monoisotopic (exact) mass is 493 g/mol. The maximum atomic E-state index is 13.1. The molecule has 1 atom stereocenters. The summed E-state index contributed by atoms with van der Waals surface area (Å²) in [5.74, 6) is -1.16. The third-order valence-corrected chi connectivity index (χ3v) is 4.03. The first-order valence-electron chi connectivity index (χ1n) is 9.19. The molecule has 0 aliphatic carbocycles. The lowest BCUT2D eigenvalue weighted by atomic mass is 10.3. The van der Waals surface area contributed by atoms with Crippen molar-refractivity contribution >= 4 is 11.7 Å². The van der Waals surface area contributed by atoms with Crippen molar-refractivity contribution in [3.05, 3.63) is 54.3 Å². The Labute approximate surface area is 186 Å². The lowest BCUT2D eigenvalue weighted by molar-refractivity contribution is -0.153. The number of nitrogens with one attached hydrogen (secondary N) is 2. The van der Waals surface area contributed by atoms with Crippen molar-refractivity contribution in [3.8, 4) is 11.6 Å². The Morgan fingerprint density at radius 2 is 1.85 bits per heavy atom. The second-order valence-corrected chi connectivity index (χ2v) is 6.65. The van der Waals surface area contributed by atoms with Gasteiger partial charge in [-0.3, -0.25) is 0 Å². The van der Waals surface area contributed by atoms with Gasteiger partial charge >= 0.3 is 18.4 Å². The maximum absolute atomic E-state index is 13.1. The largest absolute Gasteiger partial charge is 0.482 e. The zero-order valence-electron chi connectivity index (χ0n) is 16.9. The molecule has 9 nitrogen and oxygen atoms in total. The Bertz CT molecular complexity index is 1150. The highest BCUT2D eigenvalue weighted by atomic mass is 19.4. The Balaban J connectivity index is 1.77. The molecular formula is C18H14F7N7O2. The first kappa shape index (κ1) is 24.7. The quantitative estimate of drug-likeness (QED) is 0.502. The van der Waals surface area contributed by atoms with Crippen LogP contribution < -0.4 is 15.4 Å². The average molecular weight is 493 g/mol. The lowest BCUT2D eigenvalue weighted by Gasteiger charge is -2.18. The van der Waals surface area contributed by atoms with E-state index in [1.54, 1.807) is 0 Å². The normalized spacial score (nSPS) is 12.8. The van der Waals surface area contributed by atoms with E-state index in [1.807, 2.05) is 0 Å². The standard InChI is InChI=1S/C18H14F7N7O2/c1-9(15-28-8-29-32(15)14-3-2-10(19)5-27-14)30-16(33)31-11-6-26-13(18(23,24)25)4-12(11)34-7-17(20,21)22/h2-6,8-9H,7H2,1H3,(H2,30,31,33). The highest BCUT2D eigenvalue weighted by molar-refractivity contribution is 5.90. The number of anilines is 1. The maximum Gasteiger partial charge on any atom is 0.433 e. The van der Waals surface area contributed by atoms with E-state index in [0.717, 1.165) is 18.6 Å². The second-order valence-electron chi connectivity index (χ2n) is 6.65. The zero-order chi connectivity index (χ0) is 25.1. The van der Waals surface area contributed by atoms with Crippen LogP contribution in [0.4, 0.5) is 41.2 Å². The second kappa shape index (κ2) is 9.48. The highest BCUT2D eigenvalue weighted by Crippen LogP contribution is 2.34. The number of pyridine rings is 2. The Morgan fingerprint density at radius 3 is 2.47 bits per heavy atom. The van der Waals surface area contributed by atoms with Gasteiger partial charge in [0.05, 0.1) is 18.4 Å². The van der Waals surface area contributed by atoms with Crippen molar-refractivity contribution in [2.45, 2.75) is 25.3 Å². The van der Waals surface area contributed by atoms with Crippen molar-refractivity contribution in [3.63, 3.8) is 0 Å². The minimum absolute atomic E-state index is 0.147. The molecule has 2 amide bonds. The summed E-state index contributed by atoms with van der Waals surface area (Å²) in [6.45, 7) is -0.426. The van der Waals surface area contributed by atoms with Crippen LogP contribution in [-0.4, -0.2) is 43.5 Å². The molecule has 16 heteroatoms. The predicted molar refractivity (Wildman–Crippen MR) is 100 cm³/mol. The van der Waals surface area contributed by atoms with E-state index in [2.05, 4.69) is 35.4 Å². The molecular weight excluding hydrogens is 479 g/mol. The molecule has 0 radical (unpaired) electrons. The molecule has 0 bridgehead atoms. The van der Waals surface area contributed by atoms with Gasteiger partial charge in [0, 0.05) is 6.07 Å². The van der Waals surface area contributed by atoms with Gasteiger partial charge in [-0.1, -0.05) is 0 Å². The minimum atomic E-state index is -4.95. The topological polar surface area (TPSA) is 107 Å². The molecule has 0 aliphatic heterocycles. The van der Waals surface area contributed by atoms with E-state index >= 15 is 0 Å². The fourth-order valence-corrected chi connectivity index (χ4v) is 2.60. The van der Waals surface area contributed by atoms with Gasteiger partial charge in [0.25, 0.3) is 0 Å². The van der Waals surface area contributed by atoms with Crippen LogP contribution >= 0.6 is 0 Å². The fourth-order valence-electron chi connectivity index (χ4n) is 2.60. The number of ether oxygens (including phenoxy) is 1. The molecule has 3 heterocycles. The van der Waals surface area contributed by atoms with Gasteiger partial charge in [0.15, 0.2) is 18.2 Å². The summed E-state index contributed by atoms with van der Waals surface area (Å²) in [5, 5.41) is 8.41. The summed E-state index contributed by atoms with van der Waals surface area (Å²) in [7, 11) is 0. The first-order valence-corrected chi connectivity index (χ1v) is 9.19. The van der Waals surface area contributed by atoms with Gasteiger partial charge in [-0.15, -0.1) is 0 Å². The minimum Gasteiger partial charge on any atom is -0.482 e. The summed E-state index contributed by atoms with van der Waals surface area (Å²) < 4.78 is 94.9. The SMILES string of the molecule is CC(NC(=O)Nc1cnc(C(F)(F)F)cc1OCC(F)(F)F)c1ncnn1-c1ccc(F)cn1. The van der Waals surface area contributed by atoms with E-state index in [9.17, 15) is 35.5 Å². The van der Waals surface area contributed by atoms with Gasteiger partial charge in [-0.05, 0) is 19.1 Å². The number of nitrogens with zero attached hydrogens (tertiary/aromatic N) is 5. The van der Waals surface area contributed by atoms with Crippen molar-refractivity contribution in [2.24, 2.45) is 0 Å². The van der Waals surface area contributed by atoms with Gasteiger partial charge in [0.1, 0.15) is 29.3 Å². The van der Waals surface area contributed by atoms with Crippen molar-refractivity contribution in [2.75, 3.05) is 11.9 Å². The summed E-state index contributed by atoms with van der Waals surface area (Å²) >= 11 is 0. The molecule has 0 aromatic carbocycles. The summed E-state index contributed by atoms with van der Waals surface area (Å²) in [5.41, 5.74) is -2.05. The average Bonchev–Trinajstić information content (AvgIpc) is 3.22. The number of urea groups is 1. The molecule has 1 unspecified atom stereocenters. The van der Waals surface area contributed by atoms with Crippen molar-refractivity contribution < 1.29 is 40.3 Å². The van der Waals surface area contributed by atoms with Crippen LogP contribution in [0.2, 0.25) is 0 Å². The number of amides is 2. The summed E-state index contributed by atoms with van der Waals surface area (Å²) in [4.78, 5) is 23.3. The van der Waals surface area contributed by atoms with E-state index in [1.165, 1.54) is 17.7 Å². The molecule has 0 spiro atoms. The molecule has 0 saturated heterocycles. The van der Waals surface area contributed by atoms with E-state index in [-0.39, 0.29) is 17.7 Å². The van der Waals surface area contributed by atoms with E-state index < -0.39 is 54.0 Å². The molecule has 0 fully saturated rings. The van der Waals surface area contributed by atoms with Crippen LogP contribution in [0.15, 0.2) is 36.9 Å². The van der Waals surface area contributed by atoms with Crippen LogP contribution in [-0.2, 0) is 6.18 Å². The Hall–Kier alpha value is -3.98. The fraction of sp³-hybridized carbons (Fsp3) is 0.278. The number of halogens is 7. The molecule has 3 rings (SSSR count). The first-order chi connectivity index (χ1) is 15.8. The molecule has 3 aromatic heterocycles. The van der Waals surface area contributed by atoms with Crippen LogP contribution in [0.3, 0.4) is 0 Å². The van der Waals surface area contributed by atoms with Crippen LogP contribution in [0.25, 0.3) is 5.82 Å². The number of carbonyl (C=O) groups is 1. The number of alkyl halides is 6. The Morgan fingerprint density at radius 1 is 1.12 bits per heavy atom. The highest BCUT2D eigenvalue weighted by Gasteiger charge is 2.35. The number of aromatic nitrogens is 5. The van der Waals surface area contributed by atoms with Crippen molar-refractivity contribution in [1.82, 2.24) is 30.0 Å². The van der Waals surface area contributed by atoms with Gasteiger partial charge in [-0.25, -0.2) is 24.1 Å². The van der Waals surface area contributed by atoms with Gasteiger partial charge in [0.2, 0.25) is 0 Å². The van der Waals surface area contributed by atoms with Gasteiger partial charge in [-0.2, -0.15) is 36.1 Å². The predicted octanol–water partition coefficient (Wildman–Crippen LogP) is 4.04. The molecule has 3 aromatic rings. The summed E-state index contributed by atoms with van der Waals surface area (Å²) in [6.07, 6.45) is -7.20. The Kier molecular flexibility index (Phi) is 6.88. The smallest absolute Gasteiger partial charge is 0.433 e. The van der Waals surface area contributed by atoms with Crippen LogP contribution in [0, 0.1) is 5.82 Å². The van der Waals surface area contributed by atoms with Gasteiger partial charge < -0.3 is 15.4 Å². The third-order valence-electron chi connectivity index (χ3n) is 4.03. The molecule has 2 N–H and O–H groups in total. The number of carbonyl (C=O) groups excluding carboxylic acids is 1.